The number of aryl methyl sites for hydroxylation is 1. The topological polar surface area (TPSA) is 27.1 Å². The van der Waals surface area contributed by atoms with Crippen molar-refractivity contribution in [1.82, 2.24) is 9.55 Å². The van der Waals surface area contributed by atoms with E-state index in [4.69, 9.17) is 4.74 Å². The molecule has 0 aliphatic carbocycles. The third-order valence-electron chi connectivity index (χ3n) is 2.87. The summed E-state index contributed by atoms with van der Waals surface area (Å²) in [6.45, 7) is 2.00. The maximum atomic E-state index is 5.34. The first-order valence-corrected chi connectivity index (χ1v) is 6.22. The fourth-order valence-electron chi connectivity index (χ4n) is 1.79. The van der Waals surface area contributed by atoms with Gasteiger partial charge in [-0.1, -0.05) is 18.2 Å². The summed E-state index contributed by atoms with van der Waals surface area (Å²) in [6.07, 6.45) is 0.770. The van der Waals surface area contributed by atoms with Gasteiger partial charge in [-0.05, 0) is 28.9 Å². The highest BCUT2D eigenvalue weighted by Gasteiger charge is 2.12. The highest BCUT2D eigenvalue weighted by atomic mass is 79.9. The zero-order valence-electron chi connectivity index (χ0n) is 10.2. The number of benzene rings is 1. The van der Waals surface area contributed by atoms with E-state index >= 15 is 0 Å². The number of ether oxygens (including phenoxy) is 1. The van der Waals surface area contributed by atoms with Crippen LogP contribution in [0.1, 0.15) is 17.1 Å². The lowest BCUT2D eigenvalue weighted by atomic mass is 10.1. The van der Waals surface area contributed by atoms with Gasteiger partial charge < -0.3 is 9.30 Å². The van der Waals surface area contributed by atoms with Gasteiger partial charge in [-0.15, -0.1) is 0 Å². The zero-order valence-corrected chi connectivity index (χ0v) is 11.8. The largest absolute Gasteiger partial charge is 0.496 e. The van der Waals surface area contributed by atoms with Gasteiger partial charge in [0.05, 0.1) is 12.8 Å². The van der Waals surface area contributed by atoms with E-state index in [1.165, 1.54) is 0 Å². The zero-order chi connectivity index (χ0) is 12.4. The third-order valence-corrected chi connectivity index (χ3v) is 3.85. The van der Waals surface area contributed by atoms with Crippen molar-refractivity contribution in [3.8, 4) is 5.75 Å². The highest BCUT2D eigenvalue weighted by molar-refractivity contribution is 9.10. The monoisotopic (exact) mass is 294 g/mol. The van der Waals surface area contributed by atoms with Crippen LogP contribution in [-0.2, 0) is 13.5 Å². The summed E-state index contributed by atoms with van der Waals surface area (Å²) in [5.74, 6) is 1.91. The van der Waals surface area contributed by atoms with Gasteiger partial charge in [0.2, 0.25) is 0 Å². The lowest BCUT2D eigenvalue weighted by Crippen LogP contribution is -1.95. The molecule has 0 bridgehead atoms. The van der Waals surface area contributed by atoms with E-state index in [-0.39, 0.29) is 0 Å². The number of methoxy groups -OCH3 is 1. The predicted molar refractivity (Wildman–Crippen MR) is 71.4 cm³/mol. The van der Waals surface area contributed by atoms with Crippen LogP contribution < -0.4 is 4.74 Å². The second-order valence-corrected chi connectivity index (χ2v) is 4.70. The molecule has 2 aromatic rings. The molecular weight excluding hydrogens is 280 g/mol. The standard InChI is InChI=1S/C13H15BrN2O/c1-9-15-11(13(14)16(9)2)8-10-6-4-5-7-12(10)17-3/h4-7H,8H2,1-3H3. The maximum absolute atomic E-state index is 5.34. The molecule has 0 saturated carbocycles. The van der Waals surface area contributed by atoms with Gasteiger partial charge in [-0.25, -0.2) is 4.98 Å². The van der Waals surface area contributed by atoms with Crippen molar-refractivity contribution < 1.29 is 4.74 Å². The maximum Gasteiger partial charge on any atom is 0.122 e. The Labute approximate surface area is 110 Å². The average Bonchev–Trinajstić information content (AvgIpc) is 2.58. The molecule has 1 aromatic heterocycles. The Morgan fingerprint density at radius 2 is 2.06 bits per heavy atom. The van der Waals surface area contributed by atoms with Crippen LogP contribution in [0, 0.1) is 6.92 Å². The fourth-order valence-corrected chi connectivity index (χ4v) is 2.28. The molecular formula is C13H15BrN2O. The first-order valence-electron chi connectivity index (χ1n) is 5.43. The molecule has 1 heterocycles. The summed E-state index contributed by atoms with van der Waals surface area (Å²) in [4.78, 5) is 4.54. The van der Waals surface area contributed by atoms with Crippen molar-refractivity contribution in [2.75, 3.05) is 7.11 Å². The molecule has 3 nitrogen and oxygen atoms in total. The Morgan fingerprint density at radius 1 is 1.35 bits per heavy atom. The van der Waals surface area contributed by atoms with Crippen molar-refractivity contribution >= 4 is 15.9 Å². The van der Waals surface area contributed by atoms with Crippen molar-refractivity contribution in [3.05, 3.63) is 46.0 Å². The van der Waals surface area contributed by atoms with E-state index in [1.54, 1.807) is 7.11 Å². The van der Waals surface area contributed by atoms with Gasteiger partial charge in [-0.2, -0.15) is 0 Å². The lowest BCUT2D eigenvalue weighted by molar-refractivity contribution is 0.410. The number of nitrogens with zero attached hydrogens (tertiary/aromatic N) is 2. The highest BCUT2D eigenvalue weighted by Crippen LogP contribution is 2.25. The number of rotatable bonds is 3. The van der Waals surface area contributed by atoms with Gasteiger partial charge in [0.15, 0.2) is 0 Å². The van der Waals surface area contributed by atoms with Crippen molar-refractivity contribution in [1.29, 1.82) is 0 Å². The summed E-state index contributed by atoms with van der Waals surface area (Å²) in [6, 6.07) is 8.02. The number of hydrogen-bond donors (Lipinski definition) is 0. The lowest BCUT2D eigenvalue weighted by Gasteiger charge is -2.06. The molecule has 0 N–H and O–H groups in total. The van der Waals surface area contributed by atoms with Crippen LogP contribution in [0.2, 0.25) is 0 Å². The van der Waals surface area contributed by atoms with E-state index in [2.05, 4.69) is 27.0 Å². The fraction of sp³-hybridized carbons (Fsp3) is 0.308. The number of hydrogen-bond acceptors (Lipinski definition) is 2. The van der Waals surface area contributed by atoms with E-state index in [0.29, 0.717) is 0 Å². The van der Waals surface area contributed by atoms with Crippen LogP contribution in [-0.4, -0.2) is 16.7 Å². The van der Waals surface area contributed by atoms with Gasteiger partial charge in [0, 0.05) is 19.0 Å². The van der Waals surface area contributed by atoms with Crippen LogP contribution >= 0.6 is 15.9 Å². The quantitative estimate of drug-likeness (QED) is 0.870. The molecule has 0 amide bonds. The molecule has 0 aliphatic heterocycles. The minimum Gasteiger partial charge on any atom is -0.496 e. The van der Waals surface area contributed by atoms with E-state index in [0.717, 1.165) is 33.9 Å². The second-order valence-electron chi connectivity index (χ2n) is 3.94. The number of aromatic nitrogens is 2. The average molecular weight is 295 g/mol. The molecule has 0 fully saturated rings. The van der Waals surface area contributed by atoms with E-state index in [9.17, 15) is 0 Å². The van der Waals surface area contributed by atoms with Gasteiger partial charge in [0.25, 0.3) is 0 Å². The summed E-state index contributed by atoms with van der Waals surface area (Å²) in [5.41, 5.74) is 2.18. The molecule has 0 spiro atoms. The minimum absolute atomic E-state index is 0.770. The molecule has 90 valence electrons. The van der Waals surface area contributed by atoms with Crippen molar-refractivity contribution in [3.63, 3.8) is 0 Å². The Balaban J connectivity index is 2.34. The van der Waals surface area contributed by atoms with Crippen LogP contribution in [0.3, 0.4) is 0 Å². The molecule has 0 aliphatic rings. The Bertz CT molecular complexity index is 534. The smallest absolute Gasteiger partial charge is 0.122 e. The van der Waals surface area contributed by atoms with Crippen LogP contribution in [0.5, 0.6) is 5.75 Å². The molecule has 4 heteroatoms. The summed E-state index contributed by atoms with van der Waals surface area (Å²) < 4.78 is 8.41. The first kappa shape index (κ1) is 12.2. The summed E-state index contributed by atoms with van der Waals surface area (Å²) >= 11 is 3.56. The van der Waals surface area contributed by atoms with E-state index in [1.807, 2.05) is 36.7 Å². The summed E-state index contributed by atoms with van der Waals surface area (Å²) in [5, 5.41) is 0. The van der Waals surface area contributed by atoms with Crippen LogP contribution in [0.15, 0.2) is 28.9 Å². The Morgan fingerprint density at radius 3 is 2.65 bits per heavy atom. The van der Waals surface area contributed by atoms with Crippen LogP contribution in [0.25, 0.3) is 0 Å². The minimum atomic E-state index is 0.770. The van der Waals surface area contributed by atoms with E-state index < -0.39 is 0 Å². The first-order chi connectivity index (χ1) is 8.13. The molecule has 0 radical (unpaired) electrons. The molecule has 2 rings (SSSR count). The predicted octanol–water partition coefficient (Wildman–Crippen LogP) is 3.09. The Kier molecular flexibility index (Phi) is 3.52. The third kappa shape index (κ3) is 2.36. The van der Waals surface area contributed by atoms with Crippen LogP contribution in [0.4, 0.5) is 0 Å². The Hall–Kier alpha value is -1.29. The normalized spacial score (nSPS) is 10.6. The van der Waals surface area contributed by atoms with Gasteiger partial charge in [0.1, 0.15) is 16.2 Å². The SMILES string of the molecule is COc1ccccc1Cc1nc(C)n(C)c1Br. The summed E-state index contributed by atoms with van der Waals surface area (Å²) in [7, 11) is 3.69. The number of imidazole rings is 1. The molecule has 0 unspecified atom stereocenters. The molecule has 17 heavy (non-hydrogen) atoms. The molecule has 0 saturated heterocycles. The molecule has 1 aromatic carbocycles. The van der Waals surface area contributed by atoms with Gasteiger partial charge >= 0.3 is 0 Å². The number of para-hydroxylation sites is 1. The molecule has 0 atom stereocenters. The second kappa shape index (κ2) is 4.92. The van der Waals surface area contributed by atoms with Crippen molar-refractivity contribution in [2.24, 2.45) is 7.05 Å². The van der Waals surface area contributed by atoms with Crippen molar-refractivity contribution in [2.45, 2.75) is 13.3 Å². The number of halogens is 1. The van der Waals surface area contributed by atoms with Gasteiger partial charge in [-0.3, -0.25) is 0 Å².